The number of carbonyl (C=O) groups is 1. The number of nitrogens with zero attached hydrogens (tertiary/aromatic N) is 1. The summed E-state index contributed by atoms with van der Waals surface area (Å²) in [6.45, 7) is 1.79. The third-order valence-corrected chi connectivity index (χ3v) is 2.42. The Morgan fingerprint density at radius 2 is 2.17 bits per heavy atom. The first-order valence-corrected chi connectivity index (χ1v) is 5.40. The molecule has 0 saturated carbocycles. The fourth-order valence-corrected chi connectivity index (χ4v) is 1.50. The first kappa shape index (κ1) is 14.1. The molecule has 0 amide bonds. The number of nitro groups is 1. The van der Waals surface area contributed by atoms with Crippen LogP contribution < -0.4 is 5.73 Å². The van der Waals surface area contributed by atoms with Gasteiger partial charge < -0.3 is 15.6 Å². The first-order valence-electron chi connectivity index (χ1n) is 5.40. The molecular weight excluding hydrogens is 240 g/mol. The van der Waals surface area contributed by atoms with E-state index in [2.05, 4.69) is 5.73 Å². The van der Waals surface area contributed by atoms with Gasteiger partial charge in [-0.3, -0.25) is 10.1 Å². The minimum Gasteiger partial charge on any atom is -0.462 e. The lowest BCUT2D eigenvalue weighted by Crippen LogP contribution is -2.68. The molecule has 1 rings (SSSR count). The van der Waals surface area contributed by atoms with Gasteiger partial charge >= 0.3 is 5.97 Å². The van der Waals surface area contributed by atoms with E-state index in [1.54, 1.807) is 13.0 Å². The van der Waals surface area contributed by atoms with Gasteiger partial charge in [0.25, 0.3) is 5.69 Å². The molecule has 98 valence electrons. The van der Waals surface area contributed by atoms with Gasteiger partial charge in [-0.2, -0.15) is 0 Å². The van der Waals surface area contributed by atoms with Gasteiger partial charge in [-0.25, -0.2) is 4.79 Å². The van der Waals surface area contributed by atoms with Gasteiger partial charge in [-0.1, -0.05) is 12.1 Å². The van der Waals surface area contributed by atoms with Gasteiger partial charge in [0, 0.05) is 6.07 Å². The van der Waals surface area contributed by atoms with Crippen LogP contribution in [-0.4, -0.2) is 28.6 Å². The highest BCUT2D eigenvalue weighted by Gasteiger charge is 2.33. The smallest absolute Gasteiger partial charge is 0.367 e. The summed E-state index contributed by atoms with van der Waals surface area (Å²) in [5.41, 5.74) is 3.29. The van der Waals surface area contributed by atoms with Crippen LogP contribution in [0.25, 0.3) is 0 Å². The number of rotatable bonds is 5. The van der Waals surface area contributed by atoms with Crippen molar-refractivity contribution in [3.8, 4) is 0 Å². The summed E-state index contributed by atoms with van der Waals surface area (Å²) in [5, 5.41) is 20.8. The molecule has 0 heterocycles. The summed E-state index contributed by atoms with van der Waals surface area (Å²) >= 11 is 0. The van der Waals surface area contributed by atoms with Crippen molar-refractivity contribution < 1.29 is 25.3 Å². The minimum atomic E-state index is -1.37. The number of para-hydroxylation sites is 1. The van der Waals surface area contributed by atoms with Crippen molar-refractivity contribution >= 4 is 11.7 Å². The zero-order valence-corrected chi connectivity index (χ0v) is 9.91. The molecule has 0 radical (unpaired) electrons. The Kier molecular flexibility index (Phi) is 4.75. The Morgan fingerprint density at radius 3 is 2.72 bits per heavy atom. The topological polar surface area (TPSA) is 117 Å². The molecule has 4 N–H and O–H groups in total. The highest BCUT2D eigenvalue weighted by atomic mass is 16.6. The second-order valence-electron chi connectivity index (χ2n) is 3.62. The molecule has 7 nitrogen and oxygen atoms in total. The van der Waals surface area contributed by atoms with Crippen molar-refractivity contribution in [2.45, 2.75) is 19.1 Å². The number of ether oxygens (including phenoxy) is 1. The van der Waals surface area contributed by atoms with Gasteiger partial charge in [0.1, 0.15) is 6.10 Å². The monoisotopic (exact) mass is 255 g/mol. The molecule has 0 saturated heterocycles. The molecule has 1 aromatic carbocycles. The summed E-state index contributed by atoms with van der Waals surface area (Å²) < 4.78 is 4.72. The number of aliphatic hydroxyl groups is 1. The van der Waals surface area contributed by atoms with Crippen LogP contribution >= 0.6 is 0 Å². The summed E-state index contributed by atoms with van der Waals surface area (Å²) in [7, 11) is 0. The maximum absolute atomic E-state index is 11.4. The summed E-state index contributed by atoms with van der Waals surface area (Å²) in [4.78, 5) is 21.6. The molecule has 2 unspecified atom stereocenters. The van der Waals surface area contributed by atoms with Crippen LogP contribution in [0.4, 0.5) is 5.69 Å². The highest BCUT2D eigenvalue weighted by molar-refractivity contribution is 5.75. The van der Waals surface area contributed by atoms with Crippen molar-refractivity contribution in [1.29, 1.82) is 0 Å². The first-order chi connectivity index (χ1) is 8.49. The van der Waals surface area contributed by atoms with Crippen LogP contribution in [0, 0.1) is 10.1 Å². The fourth-order valence-electron chi connectivity index (χ4n) is 1.50. The van der Waals surface area contributed by atoms with Crippen LogP contribution in [0.15, 0.2) is 24.3 Å². The van der Waals surface area contributed by atoms with E-state index in [0.29, 0.717) is 0 Å². The summed E-state index contributed by atoms with van der Waals surface area (Å²) in [6, 6.07) is 4.57. The molecule has 0 aliphatic carbocycles. The summed E-state index contributed by atoms with van der Waals surface area (Å²) in [6.07, 6.45) is -1.37. The van der Waals surface area contributed by atoms with Crippen molar-refractivity contribution in [2.24, 2.45) is 0 Å². The van der Waals surface area contributed by atoms with Crippen molar-refractivity contribution in [2.75, 3.05) is 6.61 Å². The second-order valence-corrected chi connectivity index (χ2v) is 3.62. The standard InChI is InChI=1S/C11H14N2O5/c1-2-18-11(15)9(12)10(14)7-5-3-4-6-8(7)13(16)17/h3-6,9-10,14H,2,12H2,1H3/p+1. The molecular formula is C11H15N2O5+. The number of quaternary nitrogens is 1. The van der Waals surface area contributed by atoms with Crippen molar-refractivity contribution in [1.82, 2.24) is 0 Å². The predicted molar refractivity (Wildman–Crippen MR) is 61.4 cm³/mol. The Hall–Kier alpha value is -1.99. The normalized spacial score (nSPS) is 13.7. The maximum Gasteiger partial charge on any atom is 0.367 e. The number of carbonyl (C=O) groups excluding carboxylic acids is 1. The van der Waals surface area contributed by atoms with Crippen LogP contribution in [-0.2, 0) is 9.53 Å². The molecule has 0 fully saturated rings. The van der Waals surface area contributed by atoms with E-state index in [0.717, 1.165) is 0 Å². The average molecular weight is 255 g/mol. The Morgan fingerprint density at radius 1 is 1.56 bits per heavy atom. The molecule has 0 bridgehead atoms. The Balaban J connectivity index is 2.99. The lowest BCUT2D eigenvalue weighted by atomic mass is 10.0. The van der Waals surface area contributed by atoms with Crippen LogP contribution in [0.1, 0.15) is 18.6 Å². The lowest BCUT2D eigenvalue weighted by Gasteiger charge is -2.14. The molecule has 1 aromatic rings. The van der Waals surface area contributed by atoms with E-state index < -0.39 is 23.0 Å². The zero-order chi connectivity index (χ0) is 13.7. The SMILES string of the molecule is CCOC(=O)C([NH3+])C(O)c1ccccc1[N+](=O)[O-]. The third kappa shape index (κ3) is 3.02. The Bertz CT molecular complexity index is 449. The van der Waals surface area contributed by atoms with Crippen LogP contribution in [0.3, 0.4) is 0 Å². The van der Waals surface area contributed by atoms with Crippen LogP contribution in [0.5, 0.6) is 0 Å². The van der Waals surface area contributed by atoms with Gasteiger partial charge in [-0.05, 0) is 13.0 Å². The summed E-state index contributed by atoms with van der Waals surface area (Å²) in [5.74, 6) is -0.692. The number of esters is 1. The van der Waals surface area contributed by atoms with E-state index in [1.165, 1.54) is 18.2 Å². The number of benzene rings is 1. The lowest BCUT2D eigenvalue weighted by molar-refractivity contribution is -0.428. The number of hydrogen-bond acceptors (Lipinski definition) is 5. The molecule has 0 aliphatic heterocycles. The second kappa shape index (κ2) is 6.08. The largest absolute Gasteiger partial charge is 0.462 e. The molecule has 18 heavy (non-hydrogen) atoms. The molecule has 0 spiro atoms. The molecule has 7 heteroatoms. The van der Waals surface area contributed by atoms with E-state index in [4.69, 9.17) is 4.74 Å². The molecule has 2 atom stereocenters. The van der Waals surface area contributed by atoms with E-state index >= 15 is 0 Å². The van der Waals surface area contributed by atoms with E-state index in [1.807, 2.05) is 0 Å². The van der Waals surface area contributed by atoms with Gasteiger partial charge in [0.15, 0.2) is 0 Å². The Labute approximate surface area is 103 Å². The average Bonchev–Trinajstić information content (AvgIpc) is 2.37. The predicted octanol–water partition coefficient (Wildman–Crippen LogP) is -0.198. The fraction of sp³-hybridized carbons (Fsp3) is 0.364. The zero-order valence-electron chi connectivity index (χ0n) is 9.91. The number of aliphatic hydroxyl groups excluding tert-OH is 1. The van der Waals surface area contributed by atoms with Gasteiger partial charge in [0.2, 0.25) is 6.04 Å². The minimum absolute atomic E-state index is 0.0514. The van der Waals surface area contributed by atoms with Gasteiger partial charge in [-0.15, -0.1) is 0 Å². The van der Waals surface area contributed by atoms with E-state index in [9.17, 15) is 20.0 Å². The molecule has 0 aromatic heterocycles. The maximum atomic E-state index is 11.4. The van der Waals surface area contributed by atoms with Gasteiger partial charge in [0.05, 0.1) is 17.1 Å². The van der Waals surface area contributed by atoms with E-state index in [-0.39, 0.29) is 17.9 Å². The number of nitro benzene ring substituents is 1. The molecule has 0 aliphatic rings. The number of hydrogen-bond donors (Lipinski definition) is 2. The third-order valence-electron chi connectivity index (χ3n) is 2.42. The van der Waals surface area contributed by atoms with Crippen LogP contribution in [0.2, 0.25) is 0 Å². The van der Waals surface area contributed by atoms with Crippen molar-refractivity contribution in [3.05, 3.63) is 39.9 Å². The van der Waals surface area contributed by atoms with Crippen molar-refractivity contribution in [3.63, 3.8) is 0 Å². The highest BCUT2D eigenvalue weighted by Crippen LogP contribution is 2.26. The quantitative estimate of drug-likeness (QED) is 0.429.